The largest absolute Gasteiger partial charge is 0.390 e. The van der Waals surface area contributed by atoms with Crippen molar-refractivity contribution in [3.05, 3.63) is 100 Å². The summed E-state index contributed by atoms with van der Waals surface area (Å²) in [5.74, 6) is -0.379. The van der Waals surface area contributed by atoms with Crippen molar-refractivity contribution in [2.75, 3.05) is 44.2 Å². The predicted molar refractivity (Wildman–Crippen MR) is 172 cm³/mol. The number of rotatable bonds is 8. The highest BCUT2D eigenvalue weighted by molar-refractivity contribution is 6.43. The number of amides is 1. The molecule has 2 N–H and O–H groups in total. The highest BCUT2D eigenvalue weighted by Gasteiger charge is 2.25. The SMILES string of the molecule is Cc1c(C(=O)NCC(O)CN2CCN(c3cccc(Cl)c3Cl)CC2)nc(-c2ccccc2)n1-c1ccccc1F.Cl.Cl. The number of β-amino-alcohol motifs (C(OH)–C–C–N with tert-alkyl or cyclic N) is 1. The standard InChI is InChI=1S/C30H30Cl2FN5O2.2ClH/c1-20-28(35-29(21-8-3-2-4-9-21)38(20)25-12-6-5-11-24(25)33)30(40)34-18-22(39)19-36-14-16-37(17-15-36)26-13-7-10-23(31)27(26)32;;/h2-13,22,39H,14-19H2,1H3,(H,34,40);2*1H. The van der Waals surface area contributed by atoms with Gasteiger partial charge in [0.2, 0.25) is 0 Å². The van der Waals surface area contributed by atoms with Crippen molar-refractivity contribution < 1.29 is 14.3 Å². The molecule has 1 unspecified atom stereocenters. The lowest BCUT2D eigenvalue weighted by Crippen LogP contribution is -2.50. The lowest BCUT2D eigenvalue weighted by molar-refractivity contribution is 0.0847. The molecule has 0 radical (unpaired) electrons. The topological polar surface area (TPSA) is 73.6 Å². The molecule has 1 aromatic heterocycles. The minimum atomic E-state index is -0.771. The van der Waals surface area contributed by atoms with Crippen LogP contribution in [0.3, 0.4) is 0 Å². The fourth-order valence-electron chi connectivity index (χ4n) is 4.99. The Bertz CT molecular complexity index is 1500. The smallest absolute Gasteiger partial charge is 0.271 e. The number of aliphatic hydroxyl groups excluding tert-OH is 1. The monoisotopic (exact) mass is 653 g/mol. The van der Waals surface area contributed by atoms with E-state index in [0.717, 1.165) is 37.4 Å². The number of nitrogens with one attached hydrogen (secondary N) is 1. The molecule has 1 aliphatic heterocycles. The number of carbonyl (C=O) groups excluding carboxylic acids is 1. The first-order chi connectivity index (χ1) is 19.3. The summed E-state index contributed by atoms with van der Waals surface area (Å²) in [7, 11) is 0. The molecular weight excluding hydrogens is 623 g/mol. The fourth-order valence-corrected chi connectivity index (χ4v) is 5.41. The Morgan fingerprint density at radius 2 is 1.60 bits per heavy atom. The molecule has 0 saturated carbocycles. The average Bonchev–Trinajstić information content (AvgIpc) is 3.31. The number of anilines is 1. The van der Waals surface area contributed by atoms with E-state index in [2.05, 4.69) is 20.1 Å². The van der Waals surface area contributed by atoms with Gasteiger partial charge in [0, 0.05) is 44.8 Å². The van der Waals surface area contributed by atoms with Crippen molar-refractivity contribution in [2.45, 2.75) is 13.0 Å². The molecule has 1 fully saturated rings. The summed E-state index contributed by atoms with van der Waals surface area (Å²) in [5, 5.41) is 14.6. The minimum absolute atomic E-state index is 0. The lowest BCUT2D eigenvalue weighted by atomic mass is 10.2. The number of benzene rings is 3. The Kier molecular flexibility index (Phi) is 12.1. The van der Waals surface area contributed by atoms with Crippen LogP contribution < -0.4 is 10.2 Å². The van der Waals surface area contributed by atoms with E-state index in [1.54, 1.807) is 35.8 Å². The molecule has 1 saturated heterocycles. The van der Waals surface area contributed by atoms with Crippen LogP contribution in [0.25, 0.3) is 17.1 Å². The highest BCUT2D eigenvalue weighted by Crippen LogP contribution is 2.33. The molecular formula is C30H32Cl4FN5O2. The Labute approximate surface area is 267 Å². The zero-order valence-electron chi connectivity index (χ0n) is 22.8. The molecule has 224 valence electrons. The van der Waals surface area contributed by atoms with Gasteiger partial charge in [0.15, 0.2) is 0 Å². The average molecular weight is 655 g/mol. The number of piperazine rings is 1. The van der Waals surface area contributed by atoms with Gasteiger partial charge in [0.25, 0.3) is 5.91 Å². The maximum Gasteiger partial charge on any atom is 0.271 e. The second-order valence-electron chi connectivity index (χ2n) is 9.75. The van der Waals surface area contributed by atoms with Crippen molar-refractivity contribution in [1.82, 2.24) is 19.8 Å². The van der Waals surface area contributed by atoms with Crippen LogP contribution in [0, 0.1) is 12.7 Å². The molecule has 0 bridgehead atoms. The molecule has 7 nitrogen and oxygen atoms in total. The van der Waals surface area contributed by atoms with Gasteiger partial charge in [-0.2, -0.15) is 0 Å². The van der Waals surface area contributed by atoms with Crippen molar-refractivity contribution >= 4 is 59.6 Å². The molecule has 12 heteroatoms. The Balaban J connectivity index is 0.00000242. The van der Waals surface area contributed by atoms with Gasteiger partial charge in [-0.15, -0.1) is 24.8 Å². The second-order valence-corrected chi connectivity index (χ2v) is 10.5. The Morgan fingerprint density at radius 1 is 0.952 bits per heavy atom. The van der Waals surface area contributed by atoms with E-state index in [0.29, 0.717) is 33.8 Å². The maximum absolute atomic E-state index is 14.8. The van der Waals surface area contributed by atoms with Gasteiger partial charge in [-0.3, -0.25) is 14.3 Å². The molecule has 0 spiro atoms. The van der Waals surface area contributed by atoms with E-state index in [1.807, 2.05) is 42.5 Å². The zero-order valence-corrected chi connectivity index (χ0v) is 26.0. The summed E-state index contributed by atoms with van der Waals surface area (Å²) in [6, 6.07) is 21.3. The molecule has 2 heterocycles. The van der Waals surface area contributed by atoms with E-state index in [-0.39, 0.29) is 37.1 Å². The van der Waals surface area contributed by atoms with Crippen LogP contribution in [-0.2, 0) is 0 Å². The first kappa shape index (κ1) is 33.6. The second kappa shape index (κ2) is 15.0. The number of para-hydroxylation sites is 1. The van der Waals surface area contributed by atoms with Crippen LogP contribution in [0.1, 0.15) is 16.2 Å². The summed E-state index contributed by atoms with van der Waals surface area (Å²) in [4.78, 5) is 22.1. The molecule has 0 aliphatic carbocycles. The summed E-state index contributed by atoms with van der Waals surface area (Å²) in [6.45, 7) is 5.17. The van der Waals surface area contributed by atoms with E-state index in [1.165, 1.54) is 6.07 Å². The van der Waals surface area contributed by atoms with Crippen molar-refractivity contribution in [3.63, 3.8) is 0 Å². The summed E-state index contributed by atoms with van der Waals surface area (Å²) >= 11 is 12.5. The van der Waals surface area contributed by atoms with Gasteiger partial charge in [0.1, 0.15) is 17.3 Å². The van der Waals surface area contributed by atoms with Crippen LogP contribution >= 0.6 is 48.0 Å². The van der Waals surface area contributed by atoms with Crippen LogP contribution in [0.5, 0.6) is 0 Å². The molecule has 1 aliphatic rings. The number of nitrogens with zero attached hydrogens (tertiary/aromatic N) is 4. The third-order valence-corrected chi connectivity index (χ3v) is 7.87. The third kappa shape index (κ3) is 7.37. The van der Waals surface area contributed by atoms with Crippen LogP contribution in [-0.4, -0.2) is 70.8 Å². The summed E-state index contributed by atoms with van der Waals surface area (Å²) in [5.41, 5.74) is 2.66. The van der Waals surface area contributed by atoms with Gasteiger partial charge in [-0.1, -0.05) is 71.7 Å². The number of aromatic nitrogens is 2. The van der Waals surface area contributed by atoms with E-state index < -0.39 is 17.8 Å². The zero-order chi connectivity index (χ0) is 28.2. The molecule has 4 aromatic rings. The maximum atomic E-state index is 14.8. The third-order valence-electron chi connectivity index (χ3n) is 7.06. The van der Waals surface area contributed by atoms with Crippen LogP contribution in [0.2, 0.25) is 10.0 Å². The van der Waals surface area contributed by atoms with Gasteiger partial charge < -0.3 is 15.3 Å². The van der Waals surface area contributed by atoms with Gasteiger partial charge >= 0.3 is 0 Å². The Morgan fingerprint density at radius 3 is 2.29 bits per heavy atom. The molecule has 42 heavy (non-hydrogen) atoms. The lowest BCUT2D eigenvalue weighted by Gasteiger charge is -2.37. The number of imidazole rings is 1. The quantitative estimate of drug-likeness (QED) is 0.242. The molecule has 1 amide bonds. The van der Waals surface area contributed by atoms with Crippen LogP contribution in [0.15, 0.2) is 72.8 Å². The molecule has 1 atom stereocenters. The number of carbonyl (C=O) groups is 1. The number of halogens is 5. The van der Waals surface area contributed by atoms with Gasteiger partial charge in [-0.05, 0) is 31.2 Å². The summed E-state index contributed by atoms with van der Waals surface area (Å²) < 4.78 is 16.4. The van der Waals surface area contributed by atoms with Crippen molar-refractivity contribution in [1.29, 1.82) is 0 Å². The number of hydrogen-bond acceptors (Lipinski definition) is 5. The predicted octanol–water partition coefficient (Wildman–Crippen LogP) is 6.05. The molecule has 3 aromatic carbocycles. The van der Waals surface area contributed by atoms with E-state index >= 15 is 0 Å². The summed E-state index contributed by atoms with van der Waals surface area (Å²) in [6.07, 6.45) is -0.771. The molecule has 5 rings (SSSR count). The first-order valence-electron chi connectivity index (χ1n) is 13.1. The number of aliphatic hydroxyl groups is 1. The van der Waals surface area contributed by atoms with Crippen molar-refractivity contribution in [2.24, 2.45) is 0 Å². The van der Waals surface area contributed by atoms with Crippen LogP contribution in [0.4, 0.5) is 10.1 Å². The minimum Gasteiger partial charge on any atom is -0.390 e. The highest BCUT2D eigenvalue weighted by atomic mass is 35.5. The Hall–Kier alpha value is -2.85. The van der Waals surface area contributed by atoms with Gasteiger partial charge in [-0.25, -0.2) is 9.37 Å². The van der Waals surface area contributed by atoms with Crippen molar-refractivity contribution in [3.8, 4) is 17.1 Å². The van der Waals surface area contributed by atoms with E-state index in [4.69, 9.17) is 23.2 Å². The fraction of sp³-hybridized carbons (Fsp3) is 0.267. The first-order valence-corrected chi connectivity index (χ1v) is 13.9. The van der Waals surface area contributed by atoms with Gasteiger partial charge in [0.05, 0.1) is 33.2 Å². The van der Waals surface area contributed by atoms with E-state index in [9.17, 15) is 14.3 Å². The number of hydrogen-bond donors (Lipinski definition) is 2. The normalized spacial score (nSPS) is 14.1.